The number of carbonyl (C=O) groups excluding carboxylic acids is 1. The minimum atomic E-state index is -0.889. The van der Waals surface area contributed by atoms with Crippen LogP contribution in [-0.2, 0) is 11.2 Å². The number of carbonyl (C=O) groups is 1. The molecular weight excluding hydrogens is 268 g/mol. The van der Waals surface area contributed by atoms with Crippen molar-refractivity contribution in [2.75, 3.05) is 6.61 Å². The first-order valence-electron chi connectivity index (χ1n) is 6.83. The van der Waals surface area contributed by atoms with Gasteiger partial charge in [-0.25, -0.2) is 4.98 Å². The molecule has 2 heterocycles. The molecule has 2 aromatic rings. The van der Waals surface area contributed by atoms with Gasteiger partial charge in [0.15, 0.2) is 5.78 Å². The number of ketones is 1. The van der Waals surface area contributed by atoms with Gasteiger partial charge in [-0.05, 0) is 44.9 Å². The number of aliphatic hydroxyl groups is 1. The topological polar surface area (TPSA) is 75.2 Å². The van der Waals surface area contributed by atoms with E-state index in [-0.39, 0.29) is 12.4 Å². The van der Waals surface area contributed by atoms with Gasteiger partial charge in [0, 0.05) is 11.6 Å². The van der Waals surface area contributed by atoms with Crippen LogP contribution in [-0.4, -0.2) is 33.1 Å². The van der Waals surface area contributed by atoms with Crippen molar-refractivity contribution >= 4 is 16.8 Å². The highest BCUT2D eigenvalue weighted by Crippen LogP contribution is 2.22. The van der Waals surface area contributed by atoms with E-state index in [2.05, 4.69) is 9.97 Å². The molecule has 112 valence electrons. The van der Waals surface area contributed by atoms with E-state index in [0.717, 1.165) is 16.6 Å². The van der Waals surface area contributed by atoms with Crippen molar-refractivity contribution in [3.05, 3.63) is 36.2 Å². The zero-order valence-corrected chi connectivity index (χ0v) is 12.5. The first-order valence-corrected chi connectivity index (χ1v) is 6.83. The SMILES string of the molecule is CC(=O)C=CCc1c[nH]c2ncc(OCC(C)(C)O)cc12. The van der Waals surface area contributed by atoms with E-state index < -0.39 is 5.60 Å². The molecule has 0 aromatic carbocycles. The van der Waals surface area contributed by atoms with Crippen LogP contribution in [0, 0.1) is 0 Å². The Balaban J connectivity index is 2.18. The molecule has 0 saturated heterocycles. The smallest absolute Gasteiger partial charge is 0.152 e. The highest BCUT2D eigenvalue weighted by atomic mass is 16.5. The van der Waals surface area contributed by atoms with E-state index in [4.69, 9.17) is 4.74 Å². The highest BCUT2D eigenvalue weighted by molar-refractivity contribution is 5.87. The molecule has 0 radical (unpaired) electrons. The summed E-state index contributed by atoms with van der Waals surface area (Å²) in [5.74, 6) is 0.642. The van der Waals surface area contributed by atoms with E-state index in [9.17, 15) is 9.90 Å². The number of aromatic nitrogens is 2. The number of nitrogens with one attached hydrogen (secondary N) is 1. The second kappa shape index (κ2) is 6.10. The Morgan fingerprint density at radius 2 is 2.29 bits per heavy atom. The van der Waals surface area contributed by atoms with Crippen molar-refractivity contribution in [1.82, 2.24) is 9.97 Å². The van der Waals surface area contributed by atoms with Crippen molar-refractivity contribution < 1.29 is 14.6 Å². The average Bonchev–Trinajstić information content (AvgIpc) is 2.78. The number of H-pyrrole nitrogens is 1. The van der Waals surface area contributed by atoms with E-state index in [1.807, 2.05) is 18.3 Å². The van der Waals surface area contributed by atoms with Crippen LogP contribution in [0.5, 0.6) is 5.75 Å². The number of ether oxygens (including phenoxy) is 1. The zero-order chi connectivity index (χ0) is 15.5. The predicted octanol–water partition coefficient (Wildman–Crippen LogP) is 2.40. The van der Waals surface area contributed by atoms with Gasteiger partial charge in [0.05, 0.1) is 11.8 Å². The van der Waals surface area contributed by atoms with Crippen molar-refractivity contribution in [3.63, 3.8) is 0 Å². The third kappa shape index (κ3) is 4.43. The van der Waals surface area contributed by atoms with Gasteiger partial charge in [-0.1, -0.05) is 6.08 Å². The molecule has 0 aliphatic rings. The lowest BCUT2D eigenvalue weighted by molar-refractivity contribution is -0.112. The lowest BCUT2D eigenvalue weighted by atomic mass is 10.1. The molecule has 0 bridgehead atoms. The van der Waals surface area contributed by atoms with Crippen LogP contribution in [0.2, 0.25) is 0 Å². The summed E-state index contributed by atoms with van der Waals surface area (Å²) in [6.07, 6.45) is 7.54. The van der Waals surface area contributed by atoms with Crippen molar-refractivity contribution in [2.45, 2.75) is 32.8 Å². The van der Waals surface area contributed by atoms with E-state index >= 15 is 0 Å². The molecule has 0 atom stereocenters. The van der Waals surface area contributed by atoms with Crippen LogP contribution in [0.3, 0.4) is 0 Å². The van der Waals surface area contributed by atoms with E-state index in [1.165, 1.54) is 6.92 Å². The van der Waals surface area contributed by atoms with Crippen molar-refractivity contribution in [1.29, 1.82) is 0 Å². The summed E-state index contributed by atoms with van der Waals surface area (Å²) < 4.78 is 5.55. The minimum Gasteiger partial charge on any atom is -0.489 e. The quantitative estimate of drug-likeness (QED) is 0.800. The number of nitrogens with zero attached hydrogens (tertiary/aromatic N) is 1. The summed E-state index contributed by atoms with van der Waals surface area (Å²) in [7, 11) is 0. The van der Waals surface area contributed by atoms with E-state index in [1.54, 1.807) is 26.1 Å². The lowest BCUT2D eigenvalue weighted by Gasteiger charge is -2.17. The summed E-state index contributed by atoms with van der Waals surface area (Å²) in [5.41, 5.74) is 0.931. The van der Waals surface area contributed by atoms with Gasteiger partial charge >= 0.3 is 0 Å². The van der Waals surface area contributed by atoms with Crippen molar-refractivity contribution in [2.24, 2.45) is 0 Å². The first kappa shape index (κ1) is 15.3. The molecule has 2 aromatic heterocycles. The number of fused-ring (bicyclic) bond motifs is 1. The maximum atomic E-state index is 10.9. The van der Waals surface area contributed by atoms with Crippen LogP contribution in [0.1, 0.15) is 26.3 Å². The zero-order valence-electron chi connectivity index (χ0n) is 12.5. The lowest BCUT2D eigenvalue weighted by Crippen LogP contribution is -2.27. The maximum absolute atomic E-state index is 10.9. The van der Waals surface area contributed by atoms with Gasteiger partial charge in [0.25, 0.3) is 0 Å². The van der Waals surface area contributed by atoms with Crippen molar-refractivity contribution in [3.8, 4) is 5.75 Å². The molecule has 0 unspecified atom stereocenters. The van der Waals surface area contributed by atoms with Crippen LogP contribution in [0.15, 0.2) is 30.6 Å². The van der Waals surface area contributed by atoms with Crippen LogP contribution in [0.25, 0.3) is 11.0 Å². The number of hydrogen-bond acceptors (Lipinski definition) is 4. The molecule has 5 heteroatoms. The normalized spacial score (nSPS) is 12.2. The molecular formula is C16H20N2O3. The van der Waals surface area contributed by atoms with Gasteiger partial charge in [0.2, 0.25) is 0 Å². The second-order valence-electron chi connectivity index (χ2n) is 5.70. The number of rotatable bonds is 6. The minimum absolute atomic E-state index is 0.0298. The van der Waals surface area contributed by atoms with Crippen LogP contribution < -0.4 is 4.74 Å². The monoisotopic (exact) mass is 288 g/mol. The summed E-state index contributed by atoms with van der Waals surface area (Å²) in [4.78, 5) is 18.3. The average molecular weight is 288 g/mol. The van der Waals surface area contributed by atoms with E-state index in [0.29, 0.717) is 12.2 Å². The third-order valence-electron chi connectivity index (χ3n) is 2.87. The van der Waals surface area contributed by atoms with Gasteiger partial charge < -0.3 is 14.8 Å². The number of pyridine rings is 1. The molecule has 0 spiro atoms. The summed E-state index contributed by atoms with van der Waals surface area (Å²) in [5, 5.41) is 10.6. The van der Waals surface area contributed by atoms with Gasteiger partial charge in [-0.2, -0.15) is 0 Å². The Morgan fingerprint density at radius 3 is 2.95 bits per heavy atom. The Hall–Kier alpha value is -2.14. The molecule has 5 nitrogen and oxygen atoms in total. The Bertz CT molecular complexity index is 666. The molecule has 21 heavy (non-hydrogen) atoms. The third-order valence-corrected chi connectivity index (χ3v) is 2.87. The Labute approximate surface area is 123 Å². The largest absolute Gasteiger partial charge is 0.489 e. The molecule has 2 rings (SSSR count). The second-order valence-corrected chi connectivity index (χ2v) is 5.70. The fourth-order valence-electron chi connectivity index (χ4n) is 1.90. The van der Waals surface area contributed by atoms with Gasteiger partial charge in [-0.15, -0.1) is 0 Å². The summed E-state index contributed by atoms with van der Waals surface area (Å²) in [6.45, 7) is 5.10. The molecule has 0 fully saturated rings. The number of allylic oxidation sites excluding steroid dienone is 2. The molecule has 2 N–H and O–H groups in total. The number of hydrogen-bond donors (Lipinski definition) is 2. The summed E-state index contributed by atoms with van der Waals surface area (Å²) in [6, 6.07) is 1.89. The molecule has 0 amide bonds. The fourth-order valence-corrected chi connectivity index (χ4v) is 1.90. The Morgan fingerprint density at radius 1 is 1.52 bits per heavy atom. The molecule has 0 aliphatic carbocycles. The van der Waals surface area contributed by atoms with Crippen LogP contribution >= 0.6 is 0 Å². The first-order chi connectivity index (χ1) is 9.85. The number of aromatic amines is 1. The van der Waals surface area contributed by atoms with Gasteiger partial charge in [-0.3, -0.25) is 4.79 Å². The maximum Gasteiger partial charge on any atom is 0.152 e. The Kier molecular flexibility index (Phi) is 4.43. The molecule has 0 aliphatic heterocycles. The molecule has 0 saturated carbocycles. The predicted molar refractivity (Wildman–Crippen MR) is 81.4 cm³/mol. The van der Waals surface area contributed by atoms with Gasteiger partial charge in [0.1, 0.15) is 18.0 Å². The summed E-state index contributed by atoms with van der Waals surface area (Å²) >= 11 is 0. The fraction of sp³-hybridized carbons (Fsp3) is 0.375. The van der Waals surface area contributed by atoms with Crippen LogP contribution in [0.4, 0.5) is 0 Å². The standard InChI is InChI=1S/C16H20N2O3/c1-11(19)5-4-6-12-8-17-15-14(12)7-13(9-18-15)21-10-16(2,3)20/h4-5,7-9,20H,6,10H2,1-3H3,(H,17,18). The highest BCUT2D eigenvalue weighted by Gasteiger charge is 2.14.